The molecule has 0 amide bonds. The van der Waals surface area contributed by atoms with Crippen LogP contribution in [0.15, 0.2) is 30.3 Å². The van der Waals surface area contributed by atoms with Crippen molar-refractivity contribution in [1.29, 1.82) is 0 Å². The lowest BCUT2D eigenvalue weighted by molar-refractivity contribution is 0.896. The van der Waals surface area contributed by atoms with E-state index in [4.69, 9.17) is 22.9 Å². The molecular formula is C14H15N3S. The molecular weight excluding hydrogens is 242 g/mol. The summed E-state index contributed by atoms with van der Waals surface area (Å²) in [5.74, 6) is 0.957. The van der Waals surface area contributed by atoms with E-state index in [9.17, 15) is 0 Å². The first-order chi connectivity index (χ1) is 8.66. The Morgan fingerprint density at radius 2 is 2.11 bits per heavy atom. The Balaban J connectivity index is 2.19. The summed E-state index contributed by atoms with van der Waals surface area (Å²) in [5.41, 5.74) is 7.69. The maximum absolute atomic E-state index is 5.83. The van der Waals surface area contributed by atoms with Crippen LogP contribution in [0.2, 0.25) is 0 Å². The number of fused-ring (bicyclic) bond motifs is 1. The van der Waals surface area contributed by atoms with Crippen LogP contribution in [-0.2, 0) is 0 Å². The van der Waals surface area contributed by atoms with Gasteiger partial charge < -0.3 is 10.6 Å². The van der Waals surface area contributed by atoms with Gasteiger partial charge in [-0.2, -0.15) is 0 Å². The van der Waals surface area contributed by atoms with Crippen LogP contribution in [0.1, 0.15) is 18.4 Å². The molecule has 4 heteroatoms. The quantitative estimate of drug-likeness (QED) is 0.858. The van der Waals surface area contributed by atoms with E-state index < -0.39 is 0 Å². The number of hydrogen-bond donors (Lipinski definition) is 1. The minimum atomic E-state index is 0.430. The summed E-state index contributed by atoms with van der Waals surface area (Å²) in [6.07, 6.45) is 2.49. The first kappa shape index (κ1) is 11.4. The van der Waals surface area contributed by atoms with Crippen LogP contribution < -0.4 is 10.6 Å². The minimum absolute atomic E-state index is 0.430. The van der Waals surface area contributed by atoms with Crippen molar-refractivity contribution in [2.24, 2.45) is 5.73 Å². The summed E-state index contributed by atoms with van der Waals surface area (Å²) < 4.78 is 0. The number of para-hydroxylation sites is 1. The van der Waals surface area contributed by atoms with Crippen molar-refractivity contribution in [2.75, 3.05) is 11.9 Å². The fourth-order valence-electron chi connectivity index (χ4n) is 2.19. The molecule has 0 unspecified atom stereocenters. The van der Waals surface area contributed by atoms with Gasteiger partial charge in [-0.25, -0.2) is 4.98 Å². The van der Waals surface area contributed by atoms with Gasteiger partial charge in [0.2, 0.25) is 0 Å². The van der Waals surface area contributed by atoms with E-state index in [1.807, 2.05) is 30.3 Å². The van der Waals surface area contributed by atoms with Gasteiger partial charge in [0, 0.05) is 24.0 Å². The van der Waals surface area contributed by atoms with Crippen molar-refractivity contribution in [2.45, 2.75) is 18.9 Å². The summed E-state index contributed by atoms with van der Waals surface area (Å²) in [5, 5.41) is 1.03. The average molecular weight is 257 g/mol. The maximum atomic E-state index is 5.83. The highest BCUT2D eigenvalue weighted by molar-refractivity contribution is 7.80. The first-order valence-corrected chi connectivity index (χ1v) is 6.50. The molecule has 0 aliphatic heterocycles. The van der Waals surface area contributed by atoms with Crippen LogP contribution in [0, 0.1) is 0 Å². The standard InChI is InChI=1S/C14H15N3S/c1-17(9-6-7-9)13-8-11(14(15)18)10-4-2-3-5-12(10)16-13/h2-5,8-9H,6-7H2,1H3,(H2,15,18). The normalized spacial score (nSPS) is 14.7. The minimum Gasteiger partial charge on any atom is -0.389 e. The van der Waals surface area contributed by atoms with Gasteiger partial charge in [-0.05, 0) is 25.0 Å². The molecule has 0 bridgehead atoms. The molecule has 1 aromatic carbocycles. The van der Waals surface area contributed by atoms with Gasteiger partial charge in [-0.3, -0.25) is 0 Å². The summed E-state index contributed by atoms with van der Waals surface area (Å²) in [4.78, 5) is 7.34. The highest BCUT2D eigenvalue weighted by Crippen LogP contribution is 2.31. The van der Waals surface area contributed by atoms with Crippen molar-refractivity contribution in [3.63, 3.8) is 0 Å². The molecule has 3 nitrogen and oxygen atoms in total. The Morgan fingerprint density at radius 3 is 2.78 bits per heavy atom. The van der Waals surface area contributed by atoms with Gasteiger partial charge >= 0.3 is 0 Å². The monoisotopic (exact) mass is 257 g/mol. The number of nitrogens with zero attached hydrogens (tertiary/aromatic N) is 2. The lowest BCUT2D eigenvalue weighted by Crippen LogP contribution is -2.21. The highest BCUT2D eigenvalue weighted by atomic mass is 32.1. The zero-order valence-corrected chi connectivity index (χ0v) is 11.1. The number of nitrogens with two attached hydrogens (primary N) is 1. The fourth-order valence-corrected chi connectivity index (χ4v) is 2.36. The van der Waals surface area contributed by atoms with E-state index in [0.717, 1.165) is 22.3 Å². The van der Waals surface area contributed by atoms with Crippen LogP contribution in [-0.4, -0.2) is 23.1 Å². The molecule has 2 aromatic rings. The van der Waals surface area contributed by atoms with E-state index in [2.05, 4.69) is 11.9 Å². The van der Waals surface area contributed by atoms with E-state index in [0.29, 0.717) is 11.0 Å². The predicted molar refractivity (Wildman–Crippen MR) is 79.1 cm³/mol. The molecule has 18 heavy (non-hydrogen) atoms. The van der Waals surface area contributed by atoms with Crippen molar-refractivity contribution >= 4 is 33.9 Å². The molecule has 2 N–H and O–H groups in total. The highest BCUT2D eigenvalue weighted by Gasteiger charge is 2.27. The van der Waals surface area contributed by atoms with Crippen molar-refractivity contribution in [3.8, 4) is 0 Å². The smallest absolute Gasteiger partial charge is 0.129 e. The van der Waals surface area contributed by atoms with Crippen LogP contribution >= 0.6 is 12.2 Å². The van der Waals surface area contributed by atoms with E-state index in [1.54, 1.807) is 0 Å². The number of pyridine rings is 1. The Hall–Kier alpha value is -1.68. The Kier molecular flexibility index (Phi) is 2.67. The molecule has 1 heterocycles. The maximum Gasteiger partial charge on any atom is 0.129 e. The van der Waals surface area contributed by atoms with Crippen molar-refractivity contribution < 1.29 is 0 Å². The summed E-state index contributed by atoms with van der Waals surface area (Å²) >= 11 is 5.15. The Bertz CT molecular complexity index is 619. The first-order valence-electron chi connectivity index (χ1n) is 6.09. The van der Waals surface area contributed by atoms with Gasteiger partial charge in [0.1, 0.15) is 10.8 Å². The van der Waals surface area contributed by atoms with Crippen LogP contribution in [0.3, 0.4) is 0 Å². The zero-order chi connectivity index (χ0) is 12.7. The Morgan fingerprint density at radius 1 is 1.39 bits per heavy atom. The molecule has 0 saturated heterocycles. The third-order valence-electron chi connectivity index (χ3n) is 3.42. The second-order valence-corrected chi connectivity index (χ2v) is 5.19. The lowest BCUT2D eigenvalue weighted by atomic mass is 10.1. The molecule has 0 radical (unpaired) electrons. The van der Waals surface area contributed by atoms with Gasteiger partial charge in [-0.1, -0.05) is 30.4 Å². The number of rotatable bonds is 3. The second-order valence-electron chi connectivity index (χ2n) is 4.75. The number of hydrogen-bond acceptors (Lipinski definition) is 3. The van der Waals surface area contributed by atoms with Crippen LogP contribution in [0.4, 0.5) is 5.82 Å². The second kappa shape index (κ2) is 4.21. The molecule has 1 fully saturated rings. The summed E-state index contributed by atoms with van der Waals surface area (Å²) in [6.45, 7) is 0. The van der Waals surface area contributed by atoms with E-state index in [-0.39, 0.29) is 0 Å². The molecule has 1 aliphatic rings. The Labute approximate surface area is 112 Å². The summed E-state index contributed by atoms with van der Waals surface area (Å²) in [7, 11) is 2.08. The number of thiocarbonyl (C=S) groups is 1. The topological polar surface area (TPSA) is 42.1 Å². The number of benzene rings is 1. The lowest BCUT2D eigenvalue weighted by Gasteiger charge is -2.19. The van der Waals surface area contributed by atoms with Gasteiger partial charge in [-0.15, -0.1) is 0 Å². The molecule has 1 aliphatic carbocycles. The van der Waals surface area contributed by atoms with Gasteiger partial charge in [0.05, 0.1) is 5.52 Å². The third-order valence-corrected chi connectivity index (χ3v) is 3.64. The van der Waals surface area contributed by atoms with Gasteiger partial charge in [0.25, 0.3) is 0 Å². The summed E-state index contributed by atoms with van der Waals surface area (Å²) in [6, 6.07) is 10.6. The average Bonchev–Trinajstić information content (AvgIpc) is 3.20. The van der Waals surface area contributed by atoms with Crippen LogP contribution in [0.5, 0.6) is 0 Å². The van der Waals surface area contributed by atoms with Crippen molar-refractivity contribution in [3.05, 3.63) is 35.9 Å². The van der Waals surface area contributed by atoms with Gasteiger partial charge in [0.15, 0.2) is 0 Å². The molecule has 3 rings (SSSR count). The SMILES string of the molecule is CN(c1cc(C(N)=S)c2ccccc2n1)C1CC1. The molecule has 0 atom stereocenters. The predicted octanol–water partition coefficient (Wildman–Crippen LogP) is 2.47. The number of anilines is 1. The molecule has 92 valence electrons. The molecule has 0 spiro atoms. The van der Waals surface area contributed by atoms with E-state index >= 15 is 0 Å². The van der Waals surface area contributed by atoms with Crippen LogP contribution in [0.25, 0.3) is 10.9 Å². The fraction of sp³-hybridized carbons (Fsp3) is 0.286. The number of aromatic nitrogens is 1. The zero-order valence-electron chi connectivity index (χ0n) is 10.3. The third kappa shape index (κ3) is 1.93. The van der Waals surface area contributed by atoms with E-state index in [1.165, 1.54) is 12.8 Å². The largest absolute Gasteiger partial charge is 0.389 e. The van der Waals surface area contributed by atoms with Crippen molar-refractivity contribution in [1.82, 2.24) is 4.98 Å². The molecule has 1 aromatic heterocycles. The molecule has 1 saturated carbocycles.